The molecule has 0 aliphatic heterocycles. The molecule has 148 valence electrons. The van der Waals surface area contributed by atoms with Gasteiger partial charge in [-0.1, -0.05) is 31.1 Å². The number of carbonyl (C=O) groups excluding carboxylic acids is 1. The van der Waals surface area contributed by atoms with Gasteiger partial charge in [-0.3, -0.25) is 9.59 Å². The van der Waals surface area contributed by atoms with Gasteiger partial charge in [0.25, 0.3) is 0 Å². The molecule has 0 unspecified atom stereocenters. The van der Waals surface area contributed by atoms with E-state index in [9.17, 15) is 9.59 Å². The monoisotopic (exact) mass is 370 g/mol. The molecule has 0 radical (unpaired) electrons. The fourth-order valence-electron chi connectivity index (χ4n) is 7.70. The maximum absolute atomic E-state index is 12.0. The molecule has 3 nitrogen and oxygen atoms in total. The van der Waals surface area contributed by atoms with Gasteiger partial charge in [0, 0.05) is 6.42 Å². The van der Waals surface area contributed by atoms with Crippen LogP contribution < -0.4 is 0 Å². The second-order valence-corrected chi connectivity index (χ2v) is 10.2. The summed E-state index contributed by atoms with van der Waals surface area (Å²) in [6.07, 6.45) is 13.2. The van der Waals surface area contributed by atoms with Gasteiger partial charge in [-0.25, -0.2) is 0 Å². The van der Waals surface area contributed by atoms with Crippen molar-refractivity contribution in [3.8, 4) is 0 Å². The molecule has 0 amide bonds. The van der Waals surface area contributed by atoms with Gasteiger partial charge in [-0.2, -0.15) is 0 Å². The van der Waals surface area contributed by atoms with Crippen molar-refractivity contribution in [2.75, 3.05) is 0 Å². The predicted molar refractivity (Wildman–Crippen MR) is 106 cm³/mol. The molecular formula is C24H34O3. The van der Waals surface area contributed by atoms with Crippen molar-refractivity contribution in [3.05, 3.63) is 23.3 Å². The average Bonchev–Trinajstić information content (AvgIpc) is 2.97. The molecule has 3 heteroatoms. The zero-order valence-corrected chi connectivity index (χ0v) is 17.1. The van der Waals surface area contributed by atoms with Crippen molar-refractivity contribution in [1.82, 2.24) is 0 Å². The SMILES string of the molecule is CC(=CCC(=O)O)[C@H]1CC[C@H]2[C@@H]3CCC4=CC(=O)CC[C@]4(C)[C@H]3CC[C@]12C. The Kier molecular flexibility index (Phi) is 4.63. The van der Waals surface area contributed by atoms with Crippen LogP contribution in [0.1, 0.15) is 78.6 Å². The minimum absolute atomic E-state index is 0.148. The van der Waals surface area contributed by atoms with Gasteiger partial charge in [-0.05, 0) is 92.4 Å². The molecule has 1 N–H and O–H groups in total. The van der Waals surface area contributed by atoms with E-state index in [0.717, 1.165) is 37.0 Å². The van der Waals surface area contributed by atoms with Gasteiger partial charge < -0.3 is 5.11 Å². The Hall–Kier alpha value is -1.38. The van der Waals surface area contributed by atoms with Gasteiger partial charge in [0.15, 0.2) is 5.78 Å². The zero-order valence-electron chi connectivity index (χ0n) is 17.1. The van der Waals surface area contributed by atoms with E-state index in [-0.39, 0.29) is 11.8 Å². The Morgan fingerprint density at radius 2 is 1.93 bits per heavy atom. The molecule has 0 aromatic heterocycles. The van der Waals surface area contributed by atoms with Crippen molar-refractivity contribution in [2.45, 2.75) is 78.6 Å². The van der Waals surface area contributed by atoms with Crippen molar-refractivity contribution in [2.24, 2.45) is 34.5 Å². The van der Waals surface area contributed by atoms with Gasteiger partial charge in [0.1, 0.15) is 0 Å². The molecule has 0 saturated heterocycles. The first-order valence-electron chi connectivity index (χ1n) is 10.9. The van der Waals surface area contributed by atoms with Gasteiger partial charge >= 0.3 is 5.97 Å². The van der Waals surface area contributed by atoms with E-state index in [2.05, 4.69) is 20.8 Å². The summed E-state index contributed by atoms with van der Waals surface area (Å²) in [5.41, 5.74) is 3.30. The predicted octanol–water partition coefficient (Wildman–Crippen LogP) is 5.56. The first kappa shape index (κ1) is 19.0. The smallest absolute Gasteiger partial charge is 0.307 e. The first-order chi connectivity index (χ1) is 12.8. The summed E-state index contributed by atoms with van der Waals surface area (Å²) in [7, 11) is 0. The number of carboxylic acid groups (broad SMARTS) is 1. The summed E-state index contributed by atoms with van der Waals surface area (Å²) in [5.74, 6) is 2.40. The van der Waals surface area contributed by atoms with E-state index in [1.54, 1.807) is 0 Å². The molecule has 0 aromatic rings. The van der Waals surface area contributed by atoms with E-state index in [1.807, 2.05) is 12.2 Å². The number of allylic oxidation sites excluding steroid dienone is 2. The Morgan fingerprint density at radius 3 is 2.67 bits per heavy atom. The number of rotatable bonds is 3. The number of ketones is 1. The van der Waals surface area contributed by atoms with Crippen LogP contribution in [0.4, 0.5) is 0 Å². The lowest BCUT2D eigenvalue weighted by molar-refractivity contribution is -0.136. The van der Waals surface area contributed by atoms with Crippen molar-refractivity contribution in [1.29, 1.82) is 0 Å². The Bertz CT molecular complexity index is 717. The lowest BCUT2D eigenvalue weighted by Gasteiger charge is -2.58. The van der Waals surface area contributed by atoms with Crippen LogP contribution in [0.25, 0.3) is 0 Å². The van der Waals surface area contributed by atoms with Crippen LogP contribution in [0, 0.1) is 34.5 Å². The molecule has 4 aliphatic rings. The van der Waals surface area contributed by atoms with Gasteiger partial charge in [-0.15, -0.1) is 0 Å². The van der Waals surface area contributed by atoms with Crippen molar-refractivity contribution < 1.29 is 14.7 Å². The normalized spacial score (nSPS) is 44.2. The maximum atomic E-state index is 12.0. The topological polar surface area (TPSA) is 54.4 Å². The molecule has 6 atom stereocenters. The lowest BCUT2D eigenvalue weighted by atomic mass is 9.46. The summed E-state index contributed by atoms with van der Waals surface area (Å²) in [4.78, 5) is 22.9. The van der Waals surface area contributed by atoms with Crippen LogP contribution in [0.15, 0.2) is 23.3 Å². The van der Waals surface area contributed by atoms with E-state index in [4.69, 9.17) is 5.11 Å². The molecule has 3 fully saturated rings. The highest BCUT2D eigenvalue weighted by Gasteiger charge is 2.58. The number of fused-ring (bicyclic) bond motifs is 5. The minimum atomic E-state index is -0.732. The minimum Gasteiger partial charge on any atom is -0.481 e. The number of carboxylic acids is 1. The van der Waals surface area contributed by atoms with Gasteiger partial charge in [0.2, 0.25) is 0 Å². The Labute approximate surface area is 163 Å². The quantitative estimate of drug-likeness (QED) is 0.662. The zero-order chi connectivity index (χ0) is 19.4. The number of hydrogen-bond acceptors (Lipinski definition) is 2. The number of hydrogen-bond donors (Lipinski definition) is 1. The van der Waals surface area contributed by atoms with Crippen LogP contribution in [0.2, 0.25) is 0 Å². The largest absolute Gasteiger partial charge is 0.481 e. The Balaban J connectivity index is 1.59. The first-order valence-corrected chi connectivity index (χ1v) is 10.9. The van der Waals surface area contributed by atoms with Crippen LogP contribution in [-0.2, 0) is 9.59 Å². The highest BCUT2D eigenvalue weighted by molar-refractivity contribution is 5.91. The number of aliphatic carboxylic acids is 1. The molecule has 4 aliphatic carbocycles. The molecule has 0 bridgehead atoms. The van der Waals surface area contributed by atoms with Crippen LogP contribution >= 0.6 is 0 Å². The van der Waals surface area contributed by atoms with Crippen molar-refractivity contribution >= 4 is 11.8 Å². The third-order valence-electron chi connectivity index (χ3n) is 9.11. The van der Waals surface area contributed by atoms with Crippen LogP contribution in [0.5, 0.6) is 0 Å². The Morgan fingerprint density at radius 1 is 1.15 bits per heavy atom. The van der Waals surface area contributed by atoms with E-state index in [0.29, 0.717) is 17.1 Å². The maximum Gasteiger partial charge on any atom is 0.307 e. The second-order valence-electron chi connectivity index (χ2n) is 10.2. The van der Waals surface area contributed by atoms with Crippen molar-refractivity contribution in [3.63, 3.8) is 0 Å². The molecule has 3 saturated carbocycles. The molecule has 27 heavy (non-hydrogen) atoms. The highest BCUT2D eigenvalue weighted by atomic mass is 16.4. The summed E-state index contributed by atoms with van der Waals surface area (Å²) in [5, 5.41) is 9.04. The third-order valence-corrected chi connectivity index (χ3v) is 9.11. The summed E-state index contributed by atoms with van der Waals surface area (Å²) in [6, 6.07) is 0. The summed E-state index contributed by atoms with van der Waals surface area (Å²) in [6.45, 7) is 7.08. The molecule has 4 rings (SSSR count). The fourth-order valence-corrected chi connectivity index (χ4v) is 7.70. The number of carbonyl (C=O) groups is 2. The molecule has 0 heterocycles. The van der Waals surface area contributed by atoms with Crippen LogP contribution in [-0.4, -0.2) is 16.9 Å². The standard InChI is InChI=1S/C24H34O3/c1-15(4-9-22(26)27)19-7-8-20-18-6-5-16-14-17(25)10-12-23(16,2)21(18)11-13-24(19,20)3/h4,14,18-21H,5-13H2,1-3H3,(H,26,27)/t18-,19+,20-,21-,23-,24+/m0/s1. The second kappa shape index (κ2) is 6.60. The van der Waals surface area contributed by atoms with E-state index < -0.39 is 5.97 Å². The van der Waals surface area contributed by atoms with E-state index >= 15 is 0 Å². The fraction of sp³-hybridized carbons (Fsp3) is 0.750. The summed E-state index contributed by atoms with van der Waals surface area (Å²) < 4.78 is 0. The molecule has 0 aromatic carbocycles. The van der Waals surface area contributed by atoms with E-state index in [1.165, 1.54) is 43.3 Å². The lowest BCUT2D eigenvalue weighted by Crippen LogP contribution is -2.50. The summed E-state index contributed by atoms with van der Waals surface area (Å²) >= 11 is 0. The average molecular weight is 371 g/mol. The van der Waals surface area contributed by atoms with Gasteiger partial charge in [0.05, 0.1) is 6.42 Å². The molecular weight excluding hydrogens is 336 g/mol. The molecule has 0 spiro atoms. The third kappa shape index (κ3) is 2.93. The highest BCUT2D eigenvalue weighted by Crippen LogP contribution is 2.67. The van der Waals surface area contributed by atoms with Crippen LogP contribution in [0.3, 0.4) is 0 Å².